The van der Waals surface area contributed by atoms with E-state index in [1.165, 1.54) is 33.3 Å². The van der Waals surface area contributed by atoms with Crippen LogP contribution in [0.5, 0.6) is 23.0 Å². The van der Waals surface area contributed by atoms with Crippen LogP contribution in [0.4, 0.5) is 27.5 Å². The summed E-state index contributed by atoms with van der Waals surface area (Å²) in [6.07, 6.45) is 12.7. The molecule has 1 spiro atoms. The number of para-hydroxylation sites is 1. The summed E-state index contributed by atoms with van der Waals surface area (Å²) in [6.45, 7) is 8.75. The first-order valence-corrected chi connectivity index (χ1v) is 36.6. The molecule has 1 aliphatic carbocycles. The van der Waals surface area contributed by atoms with Gasteiger partial charge >= 0.3 is 6.09 Å². The second kappa shape index (κ2) is 35.1. The van der Waals surface area contributed by atoms with Crippen molar-refractivity contribution in [3.63, 3.8) is 0 Å². The Morgan fingerprint density at radius 2 is 1.44 bits per heavy atom. The molecule has 566 valence electrons. The van der Waals surface area contributed by atoms with Gasteiger partial charge in [-0.2, -0.15) is 0 Å². The van der Waals surface area contributed by atoms with E-state index in [1.54, 1.807) is 83.3 Å². The molecule has 6 aromatic carbocycles. The zero-order chi connectivity index (χ0) is 76.8. The Labute approximate surface area is 628 Å². The molecule has 11 rings (SSSR count). The number of methoxy groups -OCH3 is 2. The van der Waals surface area contributed by atoms with E-state index in [0.29, 0.717) is 110 Å². The standard InChI is InChI=1S/C82H94N12O14/c1-8-55-19-12-13-21-64(55)92(46-57-20-11-10-18-51(57)4)73(97)32-31-71(95)85-35-15-14-22-72(96)90-74(50(2)3)76(99)88-52(5)75(98)89-59-29-25-54(26-30-59)48-108-81(103)94-65-42-70(68(105-7)40-62(65)78(101)93-49-82(33-34-82)43-66(93)79(94)102)107-37-17-9-16-36-106-69-41-63-61(39-67(69)104-6)77(100)91-47-58(38-60(91)45-86-63)56-27-23-53(24-28-56)44-87-80(83)84/h1,10-13,18-21,23-30,39-42,45,47,50,52,60,66,74,79,102H,9,14-17,22,31-38,43-44,46,48-49H2,2-7H3,(H,85,95)(H,88,99)(H,89,98)(H,90,96)(H4,83,84,87)/t52-,60-,66-,74-,79?/m0/s1. The number of aryl methyl sites for hydroxylation is 1. The third-order valence-corrected chi connectivity index (χ3v) is 20.2. The van der Waals surface area contributed by atoms with E-state index >= 15 is 0 Å². The summed E-state index contributed by atoms with van der Waals surface area (Å²) in [4.78, 5) is 121. The Morgan fingerprint density at radius 3 is 2.13 bits per heavy atom. The summed E-state index contributed by atoms with van der Waals surface area (Å²) in [5.41, 5.74) is 13.4. The molecule has 1 unspecified atom stereocenters. The van der Waals surface area contributed by atoms with Gasteiger partial charge in [-0.05, 0) is 146 Å². The lowest BCUT2D eigenvalue weighted by atomic mass is 10.0. The minimum absolute atomic E-state index is 0.0450. The molecule has 0 aromatic heterocycles. The SMILES string of the molecule is C#Cc1ccccc1N(Cc1ccccc1C)C(=O)CCC(=O)NCCCCC(=O)N[C@H](C(=O)N[C@@H](C)C(=O)Nc1ccc(COC(=O)N2c3cc(OCCCCCOc4cc5c(cc4OC)C(=O)N4C=C(c6ccc(CNC(=N)N)cc6)C[C@H]4C=N5)c(OC)cc3C(=O)N3CC4(CC4)C[C@H]3C2O)cc1)C(C)C. The minimum atomic E-state index is -1.47. The van der Waals surface area contributed by atoms with Crippen molar-refractivity contribution in [3.8, 4) is 35.3 Å². The number of carbonyl (C=O) groups is 8. The highest BCUT2D eigenvalue weighted by atomic mass is 16.6. The molecule has 2 fully saturated rings. The Morgan fingerprint density at radius 1 is 0.759 bits per heavy atom. The first-order valence-electron chi connectivity index (χ1n) is 36.6. The Balaban J connectivity index is 0.626. The molecule has 6 aromatic rings. The van der Waals surface area contributed by atoms with Crippen molar-refractivity contribution in [2.24, 2.45) is 22.1 Å². The van der Waals surface area contributed by atoms with Gasteiger partial charge in [-0.15, -0.1) is 6.42 Å². The number of nitrogens with zero attached hydrogens (tertiary/aromatic N) is 5. The number of anilines is 3. The van der Waals surface area contributed by atoms with Crippen LogP contribution in [0.15, 0.2) is 133 Å². The van der Waals surface area contributed by atoms with Gasteiger partial charge in [0.1, 0.15) is 18.7 Å². The van der Waals surface area contributed by atoms with E-state index in [0.717, 1.165) is 45.6 Å². The van der Waals surface area contributed by atoms with Crippen LogP contribution in [0, 0.1) is 36.0 Å². The van der Waals surface area contributed by atoms with Crippen molar-refractivity contribution in [3.05, 3.63) is 172 Å². The van der Waals surface area contributed by atoms with E-state index in [2.05, 4.69) is 32.5 Å². The number of nitrogens with one attached hydrogen (secondary N) is 6. The van der Waals surface area contributed by atoms with Crippen molar-refractivity contribution in [2.75, 3.05) is 55.6 Å². The Kier molecular flexibility index (Phi) is 25.2. The number of guanidine groups is 1. The van der Waals surface area contributed by atoms with Crippen LogP contribution in [0.25, 0.3) is 5.57 Å². The minimum Gasteiger partial charge on any atom is -0.493 e. The van der Waals surface area contributed by atoms with Crippen molar-refractivity contribution in [1.29, 1.82) is 5.41 Å². The van der Waals surface area contributed by atoms with Crippen LogP contribution in [0.2, 0.25) is 0 Å². The van der Waals surface area contributed by atoms with Crippen molar-refractivity contribution < 1.29 is 67.1 Å². The molecule has 8 amide bonds. The smallest absolute Gasteiger partial charge is 0.416 e. The van der Waals surface area contributed by atoms with Crippen LogP contribution < -0.4 is 61.1 Å². The highest BCUT2D eigenvalue weighted by molar-refractivity contribution is 6.07. The molecule has 9 N–H and O–H groups in total. The number of unbranched alkanes of at least 4 members (excludes halogenated alkanes) is 3. The number of carbonyl (C=O) groups excluding carboxylic acids is 8. The zero-order valence-electron chi connectivity index (χ0n) is 61.7. The molecule has 1 saturated carbocycles. The number of aliphatic hydroxyl groups excluding tert-OH is 1. The van der Waals surface area contributed by atoms with Crippen molar-refractivity contribution in [2.45, 2.75) is 155 Å². The summed E-state index contributed by atoms with van der Waals surface area (Å²) in [6, 6.07) is 32.8. The van der Waals surface area contributed by atoms with Crippen LogP contribution in [-0.4, -0.2) is 145 Å². The molecular formula is C82H94N12O14. The number of hydrogen-bond acceptors (Lipinski definition) is 16. The summed E-state index contributed by atoms with van der Waals surface area (Å²) in [7, 11) is 2.98. The molecule has 5 atom stereocenters. The van der Waals surface area contributed by atoms with E-state index in [1.807, 2.05) is 73.8 Å². The third-order valence-electron chi connectivity index (χ3n) is 20.2. The van der Waals surface area contributed by atoms with Gasteiger partial charge in [-0.3, -0.25) is 44.0 Å². The van der Waals surface area contributed by atoms with Crippen LogP contribution in [-0.2, 0) is 48.4 Å². The van der Waals surface area contributed by atoms with Crippen LogP contribution >= 0.6 is 0 Å². The molecule has 108 heavy (non-hydrogen) atoms. The van der Waals surface area contributed by atoms with Crippen LogP contribution in [0.1, 0.15) is 152 Å². The van der Waals surface area contributed by atoms with Crippen LogP contribution in [0.3, 0.4) is 0 Å². The summed E-state index contributed by atoms with van der Waals surface area (Å²) >= 11 is 0. The highest BCUT2D eigenvalue weighted by Gasteiger charge is 2.58. The molecule has 4 heterocycles. The number of hydrogen-bond donors (Lipinski definition) is 8. The maximum atomic E-state index is 14.5. The number of amides is 8. The first-order chi connectivity index (χ1) is 52.0. The van der Waals surface area contributed by atoms with Gasteiger partial charge in [0.15, 0.2) is 35.2 Å². The largest absolute Gasteiger partial charge is 0.493 e. The average Bonchev–Trinajstić information content (AvgIpc) is 1.56. The van der Waals surface area contributed by atoms with Gasteiger partial charge in [0.25, 0.3) is 11.8 Å². The molecular weight excluding hydrogens is 1380 g/mol. The number of ether oxygens (including phenoxy) is 5. The lowest BCUT2D eigenvalue weighted by molar-refractivity contribution is -0.131. The van der Waals surface area contributed by atoms with Gasteiger partial charge in [-0.25, -0.2) is 9.69 Å². The normalized spacial score (nSPS) is 16.9. The quantitative estimate of drug-likeness (QED) is 0.00842. The van der Waals surface area contributed by atoms with Gasteiger partial charge in [0, 0.05) is 81.1 Å². The molecule has 1 saturated heterocycles. The molecule has 0 radical (unpaired) electrons. The van der Waals surface area contributed by atoms with E-state index < -0.39 is 42.3 Å². The molecule has 0 bridgehead atoms. The number of nitrogens with two attached hydrogens (primary N) is 1. The van der Waals surface area contributed by atoms with Crippen molar-refractivity contribution in [1.82, 2.24) is 31.1 Å². The molecule has 26 heteroatoms. The second-order valence-electron chi connectivity index (χ2n) is 28.3. The average molecular weight is 1470 g/mol. The molecule has 26 nitrogen and oxygen atoms in total. The number of fused-ring (bicyclic) bond motifs is 4. The van der Waals surface area contributed by atoms with Crippen molar-refractivity contribution >= 4 is 87.9 Å². The van der Waals surface area contributed by atoms with E-state index in [4.69, 9.17) is 46.2 Å². The fourth-order valence-electron chi connectivity index (χ4n) is 13.8. The zero-order valence-corrected chi connectivity index (χ0v) is 61.7. The maximum absolute atomic E-state index is 14.5. The molecule has 4 aliphatic heterocycles. The van der Waals surface area contributed by atoms with Gasteiger partial charge in [0.2, 0.25) is 29.5 Å². The maximum Gasteiger partial charge on any atom is 0.416 e. The number of terminal acetylenes is 1. The molecule has 5 aliphatic rings. The monoisotopic (exact) mass is 1470 g/mol. The fourth-order valence-corrected chi connectivity index (χ4v) is 13.8. The lowest BCUT2D eigenvalue weighted by Gasteiger charge is -2.31. The topological polar surface area (TPSA) is 338 Å². The third kappa shape index (κ3) is 18.7. The van der Waals surface area contributed by atoms with Gasteiger partial charge < -0.3 is 75.8 Å². The first kappa shape index (κ1) is 77.4. The van der Waals surface area contributed by atoms with Gasteiger partial charge in [-0.1, -0.05) is 92.6 Å². The number of benzene rings is 6. The van der Waals surface area contributed by atoms with E-state index in [-0.39, 0.29) is 121 Å². The highest BCUT2D eigenvalue weighted by Crippen LogP contribution is 2.57. The number of rotatable bonds is 32. The summed E-state index contributed by atoms with van der Waals surface area (Å²) in [5.74, 6) is 0.948. The Hall–Kier alpha value is -11.7. The van der Waals surface area contributed by atoms with Gasteiger partial charge in [0.05, 0.1) is 74.3 Å². The Bertz CT molecular complexity index is 4470. The fraction of sp³-hybridized carbons (Fsp3) is 0.390. The lowest BCUT2D eigenvalue weighted by Crippen LogP contribution is -2.53. The number of aliphatic hydroxyl groups is 1. The summed E-state index contributed by atoms with van der Waals surface area (Å²) in [5, 5.41) is 33.6. The summed E-state index contributed by atoms with van der Waals surface area (Å²) < 4.78 is 29.9. The second-order valence-corrected chi connectivity index (χ2v) is 28.3. The number of aliphatic imine (C=N–C) groups is 1. The predicted octanol–water partition coefficient (Wildman–Crippen LogP) is 9.93. The predicted molar refractivity (Wildman–Crippen MR) is 409 cm³/mol. The van der Waals surface area contributed by atoms with E-state index in [9.17, 15) is 43.5 Å².